The molecule has 0 aliphatic carbocycles. The van der Waals surface area contributed by atoms with Gasteiger partial charge in [0.05, 0.1) is 5.56 Å². The number of carbonyl (C=O) groups excluding carboxylic acids is 2. The van der Waals surface area contributed by atoms with E-state index < -0.39 is 5.97 Å². The predicted molar refractivity (Wildman–Crippen MR) is 110 cm³/mol. The third kappa shape index (κ3) is 4.83. The Morgan fingerprint density at radius 1 is 0.607 bits per heavy atom. The Morgan fingerprint density at radius 2 is 0.964 bits per heavy atom. The molecule has 6 nitrogen and oxygen atoms in total. The van der Waals surface area contributed by atoms with Crippen LogP contribution in [0, 0.1) is 0 Å². The molecule has 0 aliphatic rings. The molecule has 2 amide bonds. The normalized spacial score (nSPS) is 10.2. The van der Waals surface area contributed by atoms with Gasteiger partial charge in [0.2, 0.25) is 0 Å². The number of halogens is 1. The van der Waals surface area contributed by atoms with Gasteiger partial charge in [-0.1, -0.05) is 15.9 Å². The summed E-state index contributed by atoms with van der Waals surface area (Å²) in [6, 6.07) is 19.3. The fraction of sp³-hybridized carbons (Fsp3) is 0. The van der Waals surface area contributed by atoms with E-state index in [9.17, 15) is 14.4 Å². The quantitative estimate of drug-likeness (QED) is 0.539. The van der Waals surface area contributed by atoms with Gasteiger partial charge >= 0.3 is 5.97 Å². The van der Waals surface area contributed by atoms with E-state index in [0.29, 0.717) is 22.5 Å². The van der Waals surface area contributed by atoms with Crippen LogP contribution in [0.15, 0.2) is 77.3 Å². The van der Waals surface area contributed by atoms with Crippen LogP contribution in [0.3, 0.4) is 0 Å². The minimum Gasteiger partial charge on any atom is -0.478 e. The number of rotatable bonds is 5. The van der Waals surface area contributed by atoms with Crippen molar-refractivity contribution in [3.8, 4) is 0 Å². The summed E-state index contributed by atoms with van der Waals surface area (Å²) >= 11 is 3.32. The first kappa shape index (κ1) is 19.3. The second kappa shape index (κ2) is 8.49. The van der Waals surface area contributed by atoms with Crippen LogP contribution < -0.4 is 10.6 Å². The number of carboxylic acids is 1. The molecule has 0 aliphatic heterocycles. The summed E-state index contributed by atoms with van der Waals surface area (Å²) in [5, 5.41) is 14.4. The lowest BCUT2D eigenvalue weighted by atomic mass is 10.1. The van der Waals surface area contributed by atoms with Crippen LogP contribution >= 0.6 is 15.9 Å². The van der Waals surface area contributed by atoms with Crippen molar-refractivity contribution in [2.24, 2.45) is 0 Å². The molecule has 0 radical (unpaired) electrons. The number of hydrogen-bond acceptors (Lipinski definition) is 3. The van der Waals surface area contributed by atoms with Gasteiger partial charge in [-0.2, -0.15) is 0 Å². The maximum Gasteiger partial charge on any atom is 0.335 e. The lowest BCUT2D eigenvalue weighted by molar-refractivity contribution is 0.0696. The van der Waals surface area contributed by atoms with Gasteiger partial charge in [-0.05, 0) is 72.8 Å². The third-order valence-electron chi connectivity index (χ3n) is 3.90. The van der Waals surface area contributed by atoms with Crippen LogP contribution in [0.5, 0.6) is 0 Å². The number of carboxylic acid groups (broad SMARTS) is 1. The summed E-state index contributed by atoms with van der Waals surface area (Å²) in [4.78, 5) is 35.4. The zero-order chi connectivity index (χ0) is 20.1. The van der Waals surface area contributed by atoms with Crippen molar-refractivity contribution in [1.29, 1.82) is 0 Å². The van der Waals surface area contributed by atoms with E-state index >= 15 is 0 Å². The average Bonchev–Trinajstić information content (AvgIpc) is 2.69. The molecule has 3 rings (SSSR count). The summed E-state index contributed by atoms with van der Waals surface area (Å²) in [6.45, 7) is 0. The highest BCUT2D eigenvalue weighted by Crippen LogP contribution is 2.16. The van der Waals surface area contributed by atoms with Crippen molar-refractivity contribution in [2.45, 2.75) is 0 Å². The maximum absolute atomic E-state index is 12.3. The molecule has 3 aromatic rings. The number of benzene rings is 3. The molecule has 0 saturated heterocycles. The second-order valence-corrected chi connectivity index (χ2v) is 6.79. The highest BCUT2D eigenvalue weighted by molar-refractivity contribution is 9.10. The van der Waals surface area contributed by atoms with Crippen LogP contribution in [0.25, 0.3) is 0 Å². The Kier molecular flexibility index (Phi) is 5.86. The first-order chi connectivity index (χ1) is 13.4. The van der Waals surface area contributed by atoms with Crippen molar-refractivity contribution in [3.63, 3.8) is 0 Å². The molecule has 0 bridgehead atoms. The summed E-state index contributed by atoms with van der Waals surface area (Å²) in [7, 11) is 0. The van der Waals surface area contributed by atoms with Gasteiger partial charge in [0, 0.05) is 27.0 Å². The van der Waals surface area contributed by atoms with Crippen molar-refractivity contribution in [3.05, 3.63) is 94.0 Å². The summed E-state index contributed by atoms with van der Waals surface area (Å²) in [5.74, 6) is -1.62. The van der Waals surface area contributed by atoms with E-state index in [0.717, 1.165) is 4.47 Å². The van der Waals surface area contributed by atoms with Gasteiger partial charge in [0.25, 0.3) is 11.8 Å². The van der Waals surface area contributed by atoms with Gasteiger partial charge in [-0.25, -0.2) is 4.79 Å². The highest BCUT2D eigenvalue weighted by Gasteiger charge is 2.09. The van der Waals surface area contributed by atoms with Crippen LogP contribution in [0.4, 0.5) is 11.4 Å². The summed E-state index contributed by atoms with van der Waals surface area (Å²) in [5.41, 5.74) is 2.13. The Balaban J connectivity index is 1.63. The number of anilines is 2. The molecular weight excluding hydrogens is 424 g/mol. The lowest BCUT2D eigenvalue weighted by Crippen LogP contribution is -2.13. The van der Waals surface area contributed by atoms with E-state index in [1.165, 1.54) is 24.3 Å². The van der Waals surface area contributed by atoms with Crippen LogP contribution in [-0.2, 0) is 0 Å². The van der Waals surface area contributed by atoms with E-state index in [1.807, 2.05) is 0 Å². The maximum atomic E-state index is 12.3. The fourth-order valence-electron chi connectivity index (χ4n) is 2.41. The zero-order valence-corrected chi connectivity index (χ0v) is 16.1. The third-order valence-corrected chi connectivity index (χ3v) is 4.43. The summed E-state index contributed by atoms with van der Waals surface area (Å²) < 4.78 is 0.886. The number of carbonyl (C=O) groups is 3. The molecule has 0 heterocycles. The van der Waals surface area contributed by atoms with Crippen molar-refractivity contribution < 1.29 is 19.5 Å². The molecule has 7 heteroatoms. The molecule has 0 unspecified atom stereocenters. The van der Waals surface area contributed by atoms with Crippen LogP contribution in [0.1, 0.15) is 31.1 Å². The number of hydrogen-bond donors (Lipinski definition) is 3. The SMILES string of the molecule is O=C(O)c1ccc(NC(=O)c2ccc(NC(=O)c3ccc(Br)cc3)cc2)cc1. The van der Waals surface area contributed by atoms with E-state index in [-0.39, 0.29) is 17.4 Å². The molecule has 0 aromatic heterocycles. The molecule has 3 N–H and O–H groups in total. The highest BCUT2D eigenvalue weighted by atomic mass is 79.9. The topological polar surface area (TPSA) is 95.5 Å². The predicted octanol–water partition coefficient (Wildman–Crippen LogP) is 4.65. The molecule has 0 fully saturated rings. The fourth-order valence-corrected chi connectivity index (χ4v) is 2.67. The minimum absolute atomic E-state index is 0.142. The van der Waals surface area contributed by atoms with Gasteiger partial charge in [0.15, 0.2) is 0 Å². The molecule has 28 heavy (non-hydrogen) atoms. The zero-order valence-electron chi connectivity index (χ0n) is 14.5. The minimum atomic E-state index is -1.03. The Morgan fingerprint density at radius 3 is 1.36 bits per heavy atom. The van der Waals surface area contributed by atoms with Crippen LogP contribution in [-0.4, -0.2) is 22.9 Å². The van der Waals surface area contributed by atoms with Crippen molar-refractivity contribution >= 4 is 45.1 Å². The second-order valence-electron chi connectivity index (χ2n) is 5.87. The molecule has 3 aromatic carbocycles. The molecule has 0 atom stereocenters. The molecule has 0 spiro atoms. The molecule has 0 saturated carbocycles. The first-order valence-corrected chi connectivity index (χ1v) is 9.03. The van der Waals surface area contributed by atoms with E-state index in [2.05, 4.69) is 26.6 Å². The largest absolute Gasteiger partial charge is 0.478 e. The lowest BCUT2D eigenvalue weighted by Gasteiger charge is -2.08. The van der Waals surface area contributed by atoms with E-state index in [1.54, 1.807) is 48.5 Å². The van der Waals surface area contributed by atoms with Crippen molar-refractivity contribution in [2.75, 3.05) is 10.6 Å². The van der Waals surface area contributed by atoms with Crippen LogP contribution in [0.2, 0.25) is 0 Å². The number of nitrogens with one attached hydrogen (secondary N) is 2. The van der Waals surface area contributed by atoms with Gasteiger partial charge in [0.1, 0.15) is 0 Å². The van der Waals surface area contributed by atoms with Gasteiger partial charge in [-0.3, -0.25) is 9.59 Å². The van der Waals surface area contributed by atoms with Gasteiger partial charge < -0.3 is 15.7 Å². The Labute approximate surface area is 169 Å². The Hall–Kier alpha value is -3.45. The smallest absolute Gasteiger partial charge is 0.335 e. The van der Waals surface area contributed by atoms with E-state index in [4.69, 9.17) is 5.11 Å². The number of amides is 2. The van der Waals surface area contributed by atoms with Crippen molar-refractivity contribution in [1.82, 2.24) is 0 Å². The molecular formula is C21H15BrN2O4. The molecule has 140 valence electrons. The monoisotopic (exact) mass is 438 g/mol. The van der Waals surface area contributed by atoms with Gasteiger partial charge in [-0.15, -0.1) is 0 Å². The Bertz CT molecular complexity index is 1010. The summed E-state index contributed by atoms with van der Waals surface area (Å²) in [6.07, 6.45) is 0. The average molecular weight is 439 g/mol. The first-order valence-electron chi connectivity index (χ1n) is 8.24. The standard InChI is InChI=1S/C21H15BrN2O4/c22-16-7-1-13(2-8-16)19(25)23-17-9-3-14(4-10-17)20(26)24-18-11-5-15(6-12-18)21(27)28/h1-12H,(H,23,25)(H,24,26)(H,27,28). The number of aromatic carboxylic acids is 1.